The van der Waals surface area contributed by atoms with E-state index in [1.54, 1.807) is 7.76 Å². The van der Waals surface area contributed by atoms with Crippen molar-refractivity contribution in [1.29, 1.82) is 0 Å². The third-order valence-electron chi connectivity index (χ3n) is 4.90. The molecule has 3 aromatic heterocycles. The van der Waals surface area contributed by atoms with E-state index in [-0.39, 0.29) is 0 Å². The molecule has 28 heavy (non-hydrogen) atoms. The molecule has 0 N–H and O–H groups in total. The van der Waals surface area contributed by atoms with Crippen LogP contribution in [0.2, 0.25) is 0 Å². The van der Waals surface area contributed by atoms with E-state index < -0.39 is 21.8 Å². The van der Waals surface area contributed by atoms with Gasteiger partial charge < -0.3 is 0 Å². The van der Waals surface area contributed by atoms with Crippen LogP contribution in [0.4, 0.5) is 0 Å². The van der Waals surface area contributed by atoms with Crippen molar-refractivity contribution in [2.24, 2.45) is 0 Å². The Morgan fingerprint density at radius 1 is 0.429 bits per heavy atom. The molecular formula is C24H15BiS3. The van der Waals surface area contributed by atoms with Gasteiger partial charge in [-0.2, -0.15) is 0 Å². The monoisotopic (exact) mass is 608 g/mol. The first-order chi connectivity index (χ1) is 13.8. The van der Waals surface area contributed by atoms with Gasteiger partial charge in [0.1, 0.15) is 0 Å². The molecule has 0 fully saturated rings. The van der Waals surface area contributed by atoms with Crippen LogP contribution in [0.5, 0.6) is 0 Å². The van der Waals surface area contributed by atoms with Crippen molar-refractivity contribution in [3.8, 4) is 0 Å². The average Bonchev–Trinajstić information content (AvgIpc) is 3.44. The Kier molecular flexibility index (Phi) is 4.35. The van der Waals surface area contributed by atoms with E-state index in [0.717, 1.165) is 0 Å². The van der Waals surface area contributed by atoms with Crippen LogP contribution in [-0.2, 0) is 0 Å². The molecule has 6 rings (SSSR count). The molecule has 0 radical (unpaired) electrons. The first-order valence-electron chi connectivity index (χ1n) is 9.11. The van der Waals surface area contributed by atoms with Crippen LogP contribution < -0.4 is 7.76 Å². The molecule has 0 aliphatic rings. The first-order valence-corrected chi connectivity index (χ1v) is 16.8. The summed E-state index contributed by atoms with van der Waals surface area (Å²) in [5.41, 5.74) is 0. The second kappa shape index (κ2) is 7.04. The zero-order chi connectivity index (χ0) is 18.5. The number of hydrogen-bond donors (Lipinski definition) is 0. The van der Waals surface area contributed by atoms with Gasteiger partial charge >= 0.3 is 185 Å². The van der Waals surface area contributed by atoms with Crippen LogP contribution in [0.25, 0.3) is 30.3 Å². The maximum absolute atomic E-state index is 2.48. The Morgan fingerprint density at radius 2 is 0.750 bits per heavy atom. The summed E-state index contributed by atoms with van der Waals surface area (Å²) in [6.07, 6.45) is 0. The quantitative estimate of drug-likeness (QED) is 0.222. The Labute approximate surface area is 183 Å². The number of hydrogen-bond acceptors (Lipinski definition) is 3. The molecule has 0 unspecified atom stereocenters. The van der Waals surface area contributed by atoms with E-state index in [1.165, 1.54) is 30.3 Å². The van der Waals surface area contributed by atoms with Crippen molar-refractivity contribution < 1.29 is 0 Å². The van der Waals surface area contributed by atoms with Gasteiger partial charge in [-0.3, -0.25) is 0 Å². The molecular weight excluding hydrogens is 593 g/mol. The SMILES string of the molecule is c1ccc2s[c]([Bi]([c]3cc4ccccc4s3)[c]3cc4ccccc4s3)cc2c1. The van der Waals surface area contributed by atoms with Crippen LogP contribution in [0, 0.1) is 0 Å². The van der Waals surface area contributed by atoms with Crippen molar-refractivity contribution in [3.05, 3.63) is 91.0 Å². The predicted octanol–water partition coefficient (Wildman–Crippen LogP) is 5.85. The molecule has 3 heterocycles. The minimum absolute atomic E-state index is 1.39. The first kappa shape index (κ1) is 17.3. The summed E-state index contributed by atoms with van der Waals surface area (Å²) in [4.78, 5) is 0. The molecule has 0 bridgehead atoms. The topological polar surface area (TPSA) is 0 Å². The summed E-state index contributed by atoms with van der Waals surface area (Å²) >= 11 is 3.75. The summed E-state index contributed by atoms with van der Waals surface area (Å²) in [7, 11) is 0. The van der Waals surface area contributed by atoms with Gasteiger partial charge in [0.15, 0.2) is 0 Å². The molecule has 0 saturated heterocycles. The number of rotatable bonds is 3. The van der Waals surface area contributed by atoms with Gasteiger partial charge in [0, 0.05) is 0 Å². The van der Waals surface area contributed by atoms with E-state index in [1.807, 2.05) is 34.0 Å². The number of fused-ring (bicyclic) bond motifs is 3. The number of benzene rings is 3. The van der Waals surface area contributed by atoms with E-state index >= 15 is 0 Å². The second-order valence-corrected chi connectivity index (χ2v) is 21.9. The Balaban J connectivity index is 1.60. The number of thiophene rings is 3. The van der Waals surface area contributed by atoms with Crippen molar-refractivity contribution >= 4 is 93.8 Å². The molecule has 0 atom stereocenters. The maximum atomic E-state index is 2.48. The summed E-state index contributed by atoms with van der Waals surface area (Å²) in [6, 6.07) is 33.9. The normalized spacial score (nSPS) is 11.9. The van der Waals surface area contributed by atoms with Gasteiger partial charge in [-0.1, -0.05) is 0 Å². The van der Waals surface area contributed by atoms with Crippen molar-refractivity contribution in [2.75, 3.05) is 0 Å². The van der Waals surface area contributed by atoms with E-state index in [9.17, 15) is 0 Å². The van der Waals surface area contributed by atoms with Crippen molar-refractivity contribution in [3.63, 3.8) is 0 Å². The zero-order valence-corrected chi connectivity index (χ0v) is 20.8. The molecule has 0 aliphatic carbocycles. The molecule has 0 spiro atoms. The fourth-order valence-corrected chi connectivity index (χ4v) is 25.2. The van der Waals surface area contributed by atoms with Crippen molar-refractivity contribution in [1.82, 2.24) is 0 Å². The third-order valence-corrected chi connectivity index (χ3v) is 22.3. The molecule has 0 amide bonds. The summed E-state index contributed by atoms with van der Waals surface area (Å²) in [6.45, 7) is 0. The molecule has 3 aromatic carbocycles. The summed E-state index contributed by atoms with van der Waals surface area (Å²) in [5.74, 6) is 0. The zero-order valence-electron chi connectivity index (χ0n) is 14.8. The van der Waals surface area contributed by atoms with Gasteiger partial charge in [-0.15, -0.1) is 0 Å². The van der Waals surface area contributed by atoms with Gasteiger partial charge in [0.2, 0.25) is 0 Å². The van der Waals surface area contributed by atoms with Gasteiger partial charge in [0.05, 0.1) is 0 Å². The van der Waals surface area contributed by atoms with Crippen LogP contribution >= 0.6 is 34.0 Å². The fourth-order valence-electron chi connectivity index (χ4n) is 3.56. The Morgan fingerprint density at radius 3 is 1.07 bits per heavy atom. The Hall–Kier alpha value is -1.58. The van der Waals surface area contributed by atoms with E-state index in [2.05, 4.69) is 91.0 Å². The summed E-state index contributed by atoms with van der Waals surface area (Å²) in [5, 5.41) is 4.18. The van der Waals surface area contributed by atoms with Gasteiger partial charge in [-0.25, -0.2) is 0 Å². The van der Waals surface area contributed by atoms with Crippen LogP contribution in [0.15, 0.2) is 91.0 Å². The molecule has 0 aliphatic heterocycles. The van der Waals surface area contributed by atoms with Crippen molar-refractivity contribution in [2.45, 2.75) is 0 Å². The van der Waals surface area contributed by atoms with Crippen LogP contribution in [0.1, 0.15) is 0 Å². The van der Waals surface area contributed by atoms with E-state index in [4.69, 9.17) is 0 Å². The Bertz CT molecular complexity index is 1160. The van der Waals surface area contributed by atoms with E-state index in [0.29, 0.717) is 0 Å². The predicted molar refractivity (Wildman–Crippen MR) is 130 cm³/mol. The van der Waals surface area contributed by atoms with Crippen LogP contribution in [-0.4, -0.2) is 21.8 Å². The summed E-state index contributed by atoms with van der Waals surface area (Å²) < 4.78 is 9.15. The fraction of sp³-hybridized carbons (Fsp3) is 0. The van der Waals surface area contributed by atoms with Gasteiger partial charge in [-0.05, 0) is 0 Å². The standard InChI is InChI=1S/3C8H5S.Bi/c3*1-2-4-8-7(3-1)5-6-9-8;/h3*1-5H;. The molecule has 134 valence electrons. The average molecular weight is 609 g/mol. The second-order valence-electron chi connectivity index (χ2n) is 6.70. The molecule has 4 heteroatoms. The van der Waals surface area contributed by atoms with Gasteiger partial charge in [0.25, 0.3) is 0 Å². The van der Waals surface area contributed by atoms with Crippen LogP contribution in [0.3, 0.4) is 0 Å². The third kappa shape index (κ3) is 2.95. The molecule has 0 saturated carbocycles. The molecule has 0 nitrogen and oxygen atoms in total. The minimum atomic E-state index is -2.31. The molecule has 6 aromatic rings.